The van der Waals surface area contributed by atoms with Crippen LogP contribution < -0.4 is 16.0 Å². The highest BCUT2D eigenvalue weighted by Gasteiger charge is 2.17. The van der Waals surface area contributed by atoms with E-state index in [9.17, 15) is 9.59 Å². The first-order valence-corrected chi connectivity index (χ1v) is 9.26. The molecule has 2 aromatic carbocycles. The third kappa shape index (κ3) is 4.33. The highest BCUT2D eigenvalue weighted by atomic mass is 32.2. The van der Waals surface area contributed by atoms with E-state index in [4.69, 9.17) is 0 Å². The number of amides is 2. The van der Waals surface area contributed by atoms with E-state index in [1.165, 1.54) is 17.3 Å². The first-order chi connectivity index (χ1) is 12.0. The summed E-state index contributed by atoms with van der Waals surface area (Å²) < 4.78 is 0. The fraction of sp³-hybridized carbons (Fsp3) is 0.263. The second-order valence-electron chi connectivity index (χ2n) is 5.95. The molecule has 25 heavy (non-hydrogen) atoms. The minimum Gasteiger partial charge on any atom is -0.374 e. The lowest BCUT2D eigenvalue weighted by molar-refractivity contribution is -0.116. The zero-order valence-corrected chi connectivity index (χ0v) is 15.1. The van der Waals surface area contributed by atoms with Crippen molar-refractivity contribution in [2.75, 3.05) is 21.7 Å². The topological polar surface area (TPSA) is 70.2 Å². The Kier molecular flexibility index (Phi) is 5.28. The lowest BCUT2D eigenvalue weighted by Crippen LogP contribution is -2.32. The molecule has 130 valence electrons. The Hall–Kier alpha value is -2.47. The molecule has 2 amide bonds. The van der Waals surface area contributed by atoms with Gasteiger partial charge in [0.25, 0.3) is 0 Å². The van der Waals surface area contributed by atoms with Crippen LogP contribution in [-0.4, -0.2) is 23.6 Å². The van der Waals surface area contributed by atoms with Gasteiger partial charge in [-0.05, 0) is 49.2 Å². The van der Waals surface area contributed by atoms with Crippen molar-refractivity contribution in [1.82, 2.24) is 0 Å². The molecule has 2 aromatic rings. The Balaban J connectivity index is 1.63. The van der Waals surface area contributed by atoms with Gasteiger partial charge >= 0.3 is 0 Å². The summed E-state index contributed by atoms with van der Waals surface area (Å²) in [6, 6.07) is 13.2. The third-order valence-corrected chi connectivity index (χ3v) is 5.09. The molecule has 0 bridgehead atoms. The summed E-state index contributed by atoms with van der Waals surface area (Å²) >= 11 is 1.52. The molecule has 3 N–H and O–H groups in total. The van der Waals surface area contributed by atoms with Crippen molar-refractivity contribution in [2.24, 2.45) is 0 Å². The molecule has 0 saturated heterocycles. The first-order valence-electron chi connectivity index (χ1n) is 8.28. The van der Waals surface area contributed by atoms with Crippen molar-refractivity contribution in [3.8, 4) is 0 Å². The molecular formula is C19H21N3O2S. The van der Waals surface area contributed by atoms with Crippen LogP contribution in [0.5, 0.6) is 0 Å². The van der Waals surface area contributed by atoms with Crippen molar-refractivity contribution in [2.45, 2.75) is 31.2 Å². The third-order valence-electron chi connectivity index (χ3n) is 4.02. The SMILES string of the molecule is CCc1ccc(NC(=O)C(C)Nc2ccc3c(c2)NC(=O)CS3)cc1. The van der Waals surface area contributed by atoms with Crippen molar-refractivity contribution < 1.29 is 9.59 Å². The Morgan fingerprint density at radius 3 is 2.64 bits per heavy atom. The molecule has 0 spiro atoms. The average molecular weight is 355 g/mol. The van der Waals surface area contributed by atoms with Crippen LogP contribution in [0, 0.1) is 0 Å². The molecule has 3 rings (SSSR count). The Morgan fingerprint density at radius 1 is 1.20 bits per heavy atom. The molecule has 1 unspecified atom stereocenters. The summed E-state index contributed by atoms with van der Waals surface area (Å²) in [4.78, 5) is 24.9. The minimum absolute atomic E-state index is 0.00373. The molecular weight excluding hydrogens is 334 g/mol. The fourth-order valence-electron chi connectivity index (χ4n) is 2.56. The van der Waals surface area contributed by atoms with Crippen LogP contribution in [0.3, 0.4) is 0 Å². The number of hydrogen-bond acceptors (Lipinski definition) is 4. The van der Waals surface area contributed by atoms with E-state index in [1.54, 1.807) is 0 Å². The van der Waals surface area contributed by atoms with Gasteiger partial charge in [0.1, 0.15) is 6.04 Å². The van der Waals surface area contributed by atoms with Crippen LogP contribution in [-0.2, 0) is 16.0 Å². The van der Waals surface area contributed by atoms with Crippen molar-refractivity contribution in [1.29, 1.82) is 0 Å². The summed E-state index contributed by atoms with van der Waals surface area (Å²) in [5.41, 5.74) is 3.60. The van der Waals surface area contributed by atoms with Gasteiger partial charge in [-0.25, -0.2) is 0 Å². The number of benzene rings is 2. The van der Waals surface area contributed by atoms with E-state index in [2.05, 4.69) is 22.9 Å². The normalized spacial score (nSPS) is 14.2. The lowest BCUT2D eigenvalue weighted by atomic mass is 10.1. The van der Waals surface area contributed by atoms with Crippen LogP contribution in [0.15, 0.2) is 47.4 Å². The summed E-state index contributed by atoms with van der Waals surface area (Å²) in [6.07, 6.45) is 0.972. The number of carbonyl (C=O) groups is 2. The smallest absolute Gasteiger partial charge is 0.246 e. The Bertz CT molecular complexity index is 790. The predicted molar refractivity (Wildman–Crippen MR) is 103 cm³/mol. The number of carbonyl (C=O) groups excluding carboxylic acids is 2. The van der Waals surface area contributed by atoms with Crippen molar-refractivity contribution in [3.05, 3.63) is 48.0 Å². The van der Waals surface area contributed by atoms with Crippen molar-refractivity contribution in [3.63, 3.8) is 0 Å². The Labute approximate surface area is 151 Å². The first kappa shape index (κ1) is 17.4. The largest absolute Gasteiger partial charge is 0.374 e. The standard InChI is InChI=1S/C19H21N3O2S/c1-3-13-4-6-14(7-5-13)21-19(24)12(2)20-15-8-9-17-16(10-15)22-18(23)11-25-17/h4-10,12,20H,3,11H2,1-2H3,(H,21,24)(H,22,23). The molecule has 5 nitrogen and oxygen atoms in total. The van der Waals surface area contributed by atoms with Gasteiger partial charge in [-0.1, -0.05) is 19.1 Å². The molecule has 0 aliphatic carbocycles. The van der Waals surface area contributed by atoms with Crippen LogP contribution in [0.1, 0.15) is 19.4 Å². The van der Waals surface area contributed by atoms with Gasteiger partial charge in [0.2, 0.25) is 11.8 Å². The zero-order valence-electron chi connectivity index (χ0n) is 14.3. The van der Waals surface area contributed by atoms with Gasteiger partial charge in [-0.2, -0.15) is 0 Å². The molecule has 0 saturated carbocycles. The van der Waals surface area contributed by atoms with Gasteiger partial charge in [-0.15, -0.1) is 11.8 Å². The number of aryl methyl sites for hydroxylation is 1. The van der Waals surface area contributed by atoms with Crippen LogP contribution in [0.4, 0.5) is 17.1 Å². The van der Waals surface area contributed by atoms with Crippen LogP contribution in [0.2, 0.25) is 0 Å². The van der Waals surface area contributed by atoms with E-state index in [-0.39, 0.29) is 11.8 Å². The van der Waals surface area contributed by atoms with E-state index in [1.807, 2.05) is 49.4 Å². The summed E-state index contributed by atoms with van der Waals surface area (Å²) in [5.74, 6) is 0.325. The fourth-order valence-corrected chi connectivity index (χ4v) is 3.35. The van der Waals surface area contributed by atoms with Gasteiger partial charge in [-0.3, -0.25) is 9.59 Å². The molecule has 1 aliphatic rings. The molecule has 1 heterocycles. The molecule has 0 aromatic heterocycles. The second kappa shape index (κ2) is 7.61. The number of fused-ring (bicyclic) bond motifs is 1. The predicted octanol–water partition coefficient (Wildman–Crippen LogP) is 3.73. The van der Waals surface area contributed by atoms with Crippen LogP contribution in [0.25, 0.3) is 0 Å². The highest BCUT2D eigenvalue weighted by Crippen LogP contribution is 2.33. The number of anilines is 3. The maximum atomic E-state index is 12.4. The number of rotatable bonds is 5. The Morgan fingerprint density at radius 2 is 1.92 bits per heavy atom. The average Bonchev–Trinajstić information content (AvgIpc) is 2.62. The monoisotopic (exact) mass is 355 g/mol. The van der Waals surface area contributed by atoms with E-state index < -0.39 is 6.04 Å². The van der Waals surface area contributed by atoms with E-state index in [0.717, 1.165) is 28.4 Å². The van der Waals surface area contributed by atoms with E-state index in [0.29, 0.717) is 5.75 Å². The quantitative estimate of drug-likeness (QED) is 0.764. The van der Waals surface area contributed by atoms with Crippen molar-refractivity contribution >= 4 is 40.6 Å². The van der Waals surface area contributed by atoms with E-state index >= 15 is 0 Å². The maximum Gasteiger partial charge on any atom is 0.246 e. The number of nitrogens with one attached hydrogen (secondary N) is 3. The minimum atomic E-state index is -0.407. The molecule has 1 aliphatic heterocycles. The summed E-state index contributed by atoms with van der Waals surface area (Å²) in [7, 11) is 0. The molecule has 0 radical (unpaired) electrons. The zero-order chi connectivity index (χ0) is 17.8. The number of hydrogen-bond donors (Lipinski definition) is 3. The summed E-state index contributed by atoms with van der Waals surface area (Å²) in [5, 5.41) is 8.94. The van der Waals surface area contributed by atoms with Gasteiger partial charge in [0.15, 0.2) is 0 Å². The maximum absolute atomic E-state index is 12.4. The van der Waals surface area contributed by atoms with Gasteiger partial charge in [0.05, 0.1) is 11.4 Å². The molecule has 1 atom stereocenters. The molecule has 6 heteroatoms. The highest BCUT2D eigenvalue weighted by molar-refractivity contribution is 8.00. The van der Waals surface area contributed by atoms with Gasteiger partial charge < -0.3 is 16.0 Å². The number of thioether (sulfide) groups is 1. The second-order valence-corrected chi connectivity index (χ2v) is 6.97. The van der Waals surface area contributed by atoms with Gasteiger partial charge in [0, 0.05) is 16.3 Å². The summed E-state index contributed by atoms with van der Waals surface area (Å²) in [6.45, 7) is 3.90. The molecule has 0 fully saturated rings. The van der Waals surface area contributed by atoms with Crippen LogP contribution >= 0.6 is 11.8 Å². The lowest BCUT2D eigenvalue weighted by Gasteiger charge is -2.19.